The average Bonchev–Trinajstić information content (AvgIpc) is 2.94. The number of carbonyl (C=O) groups excluding carboxylic acids is 1. The van der Waals surface area contributed by atoms with Gasteiger partial charge < -0.3 is 18.8 Å². The van der Waals surface area contributed by atoms with Gasteiger partial charge in [-0.15, -0.1) is 0 Å². The normalized spacial score (nSPS) is 10.8. The van der Waals surface area contributed by atoms with E-state index in [1.807, 2.05) is 41.1 Å². The predicted molar refractivity (Wildman–Crippen MR) is 85.1 cm³/mol. The molecule has 6 nitrogen and oxygen atoms in total. The maximum atomic E-state index is 10.9. The van der Waals surface area contributed by atoms with Gasteiger partial charge in [0.1, 0.15) is 24.9 Å². The van der Waals surface area contributed by atoms with Crippen LogP contribution < -0.4 is 4.74 Å². The zero-order valence-corrected chi connectivity index (χ0v) is 12.8. The summed E-state index contributed by atoms with van der Waals surface area (Å²) < 4.78 is 12.9. The Kier molecular flexibility index (Phi) is 4.63. The van der Waals surface area contributed by atoms with Crippen molar-refractivity contribution in [3.8, 4) is 5.88 Å². The van der Waals surface area contributed by atoms with Crippen LogP contribution in [0.4, 0.5) is 0 Å². The SMILES string of the molecule is COc1ncnc2c(CC=O)cn(COCc3ccccc3)c12. The first kappa shape index (κ1) is 15.2. The van der Waals surface area contributed by atoms with Crippen LogP contribution >= 0.6 is 0 Å². The van der Waals surface area contributed by atoms with E-state index in [0.29, 0.717) is 31.2 Å². The highest BCUT2D eigenvalue weighted by Crippen LogP contribution is 2.26. The topological polar surface area (TPSA) is 66.2 Å². The molecule has 118 valence electrons. The highest BCUT2D eigenvalue weighted by atomic mass is 16.5. The van der Waals surface area contributed by atoms with Crippen molar-refractivity contribution in [2.75, 3.05) is 7.11 Å². The molecule has 0 amide bonds. The highest BCUT2D eigenvalue weighted by Gasteiger charge is 2.15. The summed E-state index contributed by atoms with van der Waals surface area (Å²) in [6.07, 6.45) is 4.45. The molecule has 0 aliphatic carbocycles. The first-order valence-corrected chi connectivity index (χ1v) is 7.25. The average molecular weight is 311 g/mol. The third-order valence-electron chi connectivity index (χ3n) is 3.53. The van der Waals surface area contributed by atoms with Gasteiger partial charge in [0.2, 0.25) is 5.88 Å². The summed E-state index contributed by atoms with van der Waals surface area (Å²) in [6, 6.07) is 9.94. The number of fused-ring (bicyclic) bond motifs is 1. The molecule has 0 saturated carbocycles. The zero-order chi connectivity index (χ0) is 16.1. The van der Waals surface area contributed by atoms with Crippen molar-refractivity contribution in [1.29, 1.82) is 0 Å². The number of ether oxygens (including phenoxy) is 2. The van der Waals surface area contributed by atoms with Gasteiger partial charge in [-0.25, -0.2) is 4.98 Å². The molecule has 0 fully saturated rings. The maximum absolute atomic E-state index is 10.9. The quantitative estimate of drug-likeness (QED) is 0.627. The summed E-state index contributed by atoms with van der Waals surface area (Å²) in [5.41, 5.74) is 3.38. The molecule has 0 N–H and O–H groups in total. The van der Waals surface area contributed by atoms with E-state index in [9.17, 15) is 4.79 Å². The van der Waals surface area contributed by atoms with Gasteiger partial charge in [-0.2, -0.15) is 4.98 Å². The fraction of sp³-hybridized carbons (Fsp3) is 0.235. The van der Waals surface area contributed by atoms with Crippen LogP contribution in [0.2, 0.25) is 0 Å². The summed E-state index contributed by atoms with van der Waals surface area (Å²) >= 11 is 0. The molecule has 0 unspecified atom stereocenters. The van der Waals surface area contributed by atoms with Crippen LogP contribution in [-0.2, 0) is 29.3 Å². The Labute approximate surface area is 133 Å². The van der Waals surface area contributed by atoms with Crippen LogP contribution in [0.5, 0.6) is 5.88 Å². The van der Waals surface area contributed by atoms with E-state index in [-0.39, 0.29) is 0 Å². The number of carbonyl (C=O) groups is 1. The first-order valence-electron chi connectivity index (χ1n) is 7.25. The van der Waals surface area contributed by atoms with E-state index in [1.54, 1.807) is 7.11 Å². The molecular weight excluding hydrogens is 294 g/mol. The zero-order valence-electron chi connectivity index (χ0n) is 12.8. The summed E-state index contributed by atoms with van der Waals surface area (Å²) in [5.74, 6) is 0.468. The van der Waals surface area contributed by atoms with E-state index in [1.165, 1.54) is 6.33 Å². The van der Waals surface area contributed by atoms with Gasteiger partial charge in [-0.05, 0) is 5.56 Å². The number of hydrogen-bond acceptors (Lipinski definition) is 5. The molecule has 23 heavy (non-hydrogen) atoms. The van der Waals surface area contributed by atoms with Crippen LogP contribution in [-0.4, -0.2) is 27.9 Å². The standard InChI is InChI=1S/C17H17N3O3/c1-22-17-16-15(18-11-19-17)14(7-8-21)9-20(16)12-23-10-13-5-3-2-4-6-13/h2-6,8-9,11H,7,10,12H2,1H3. The molecule has 0 saturated heterocycles. The lowest BCUT2D eigenvalue weighted by atomic mass is 10.2. The predicted octanol–water partition coefficient (Wildman–Crippen LogP) is 2.36. The van der Waals surface area contributed by atoms with E-state index in [4.69, 9.17) is 9.47 Å². The number of nitrogens with zero attached hydrogens (tertiary/aromatic N) is 3. The van der Waals surface area contributed by atoms with Crippen LogP contribution in [0, 0.1) is 0 Å². The van der Waals surface area contributed by atoms with Crippen LogP contribution in [0.25, 0.3) is 11.0 Å². The summed E-state index contributed by atoms with van der Waals surface area (Å²) in [4.78, 5) is 19.3. The molecule has 2 aromatic heterocycles. The molecule has 3 aromatic rings. The number of rotatable bonds is 7. The van der Waals surface area contributed by atoms with Crippen LogP contribution in [0.15, 0.2) is 42.9 Å². The van der Waals surface area contributed by atoms with Gasteiger partial charge in [0.15, 0.2) is 0 Å². The van der Waals surface area contributed by atoms with Gasteiger partial charge in [0, 0.05) is 18.2 Å². The Morgan fingerprint density at radius 1 is 1.22 bits per heavy atom. The fourth-order valence-electron chi connectivity index (χ4n) is 2.50. The van der Waals surface area contributed by atoms with E-state index < -0.39 is 0 Å². The molecule has 3 rings (SSSR count). The minimum Gasteiger partial charge on any atom is -0.479 e. The van der Waals surface area contributed by atoms with Gasteiger partial charge in [-0.1, -0.05) is 30.3 Å². The van der Waals surface area contributed by atoms with Gasteiger partial charge in [0.05, 0.1) is 19.2 Å². The lowest BCUT2D eigenvalue weighted by Crippen LogP contribution is -2.03. The molecule has 0 aliphatic rings. The third kappa shape index (κ3) is 3.22. The van der Waals surface area contributed by atoms with E-state index in [0.717, 1.165) is 22.9 Å². The summed E-state index contributed by atoms with van der Waals surface area (Å²) in [6.45, 7) is 0.827. The molecule has 2 heterocycles. The largest absolute Gasteiger partial charge is 0.479 e. The second-order valence-electron chi connectivity index (χ2n) is 5.04. The molecule has 0 bridgehead atoms. The first-order chi connectivity index (χ1) is 11.3. The molecule has 0 radical (unpaired) electrons. The van der Waals surface area contributed by atoms with Gasteiger partial charge in [-0.3, -0.25) is 0 Å². The second-order valence-corrected chi connectivity index (χ2v) is 5.04. The van der Waals surface area contributed by atoms with E-state index in [2.05, 4.69) is 9.97 Å². The summed E-state index contributed by atoms with van der Waals surface area (Å²) in [5, 5.41) is 0. The number of aldehydes is 1. The van der Waals surface area contributed by atoms with Gasteiger partial charge in [0.25, 0.3) is 0 Å². The number of hydrogen-bond donors (Lipinski definition) is 0. The Hall–Kier alpha value is -2.73. The van der Waals surface area contributed by atoms with Crippen molar-refractivity contribution in [3.63, 3.8) is 0 Å². The Morgan fingerprint density at radius 3 is 2.78 bits per heavy atom. The van der Waals surface area contributed by atoms with Crippen LogP contribution in [0.1, 0.15) is 11.1 Å². The van der Waals surface area contributed by atoms with E-state index >= 15 is 0 Å². The Morgan fingerprint density at radius 2 is 2.04 bits per heavy atom. The van der Waals surface area contributed by atoms with Gasteiger partial charge >= 0.3 is 0 Å². The van der Waals surface area contributed by atoms with Crippen molar-refractivity contribution in [2.24, 2.45) is 0 Å². The van der Waals surface area contributed by atoms with Crippen molar-refractivity contribution in [3.05, 3.63) is 54.0 Å². The maximum Gasteiger partial charge on any atom is 0.241 e. The summed E-state index contributed by atoms with van der Waals surface area (Å²) in [7, 11) is 1.56. The third-order valence-corrected chi connectivity index (χ3v) is 3.53. The molecule has 0 atom stereocenters. The Bertz CT molecular complexity index is 799. The monoisotopic (exact) mass is 311 g/mol. The molecule has 6 heteroatoms. The molecular formula is C17H17N3O3. The fourth-order valence-corrected chi connectivity index (χ4v) is 2.50. The second kappa shape index (κ2) is 7.02. The lowest BCUT2D eigenvalue weighted by Gasteiger charge is -2.08. The van der Waals surface area contributed by atoms with Crippen molar-refractivity contribution in [1.82, 2.24) is 14.5 Å². The molecule has 0 spiro atoms. The van der Waals surface area contributed by atoms with Crippen molar-refractivity contribution in [2.45, 2.75) is 19.8 Å². The number of methoxy groups -OCH3 is 1. The number of aromatic nitrogens is 3. The van der Waals surface area contributed by atoms with Crippen molar-refractivity contribution >= 4 is 17.3 Å². The number of benzene rings is 1. The smallest absolute Gasteiger partial charge is 0.241 e. The molecule has 0 aliphatic heterocycles. The minimum atomic E-state index is 0.294. The highest BCUT2D eigenvalue weighted by molar-refractivity contribution is 5.85. The van der Waals surface area contributed by atoms with Crippen LogP contribution in [0.3, 0.4) is 0 Å². The Balaban J connectivity index is 1.85. The minimum absolute atomic E-state index is 0.294. The lowest BCUT2D eigenvalue weighted by molar-refractivity contribution is -0.107. The molecule has 1 aromatic carbocycles. The van der Waals surface area contributed by atoms with Crippen molar-refractivity contribution < 1.29 is 14.3 Å².